The molecule has 0 saturated carbocycles. The molecule has 0 bridgehead atoms. The van der Waals surface area contributed by atoms with Crippen molar-refractivity contribution in [2.45, 2.75) is 11.1 Å². The molecule has 0 aliphatic heterocycles. The molecule has 2 heterocycles. The number of benzene rings is 1. The van der Waals surface area contributed by atoms with Gasteiger partial charge >= 0.3 is 4.87 Å². The highest BCUT2D eigenvalue weighted by Gasteiger charge is 2.17. The maximum absolute atomic E-state index is 12.3. The molecule has 8 heteroatoms. The highest BCUT2D eigenvalue weighted by molar-refractivity contribution is 7.94. The summed E-state index contributed by atoms with van der Waals surface area (Å²) in [5, 5.41) is 3.44. The molecular weight excluding hydrogens is 340 g/mol. The third-order valence-electron chi connectivity index (χ3n) is 3.15. The molecule has 2 N–H and O–H groups in total. The van der Waals surface area contributed by atoms with Crippen LogP contribution >= 0.6 is 22.7 Å². The number of nitrogens with one attached hydrogen (secondary N) is 2. The summed E-state index contributed by atoms with van der Waals surface area (Å²) < 4.78 is 27.5. The van der Waals surface area contributed by atoms with E-state index in [1.807, 2.05) is 13.0 Å². The van der Waals surface area contributed by atoms with Gasteiger partial charge in [-0.2, -0.15) is 0 Å². The number of aromatic nitrogens is 1. The summed E-state index contributed by atoms with van der Waals surface area (Å²) in [5.74, 6) is 0. The zero-order chi connectivity index (χ0) is 15.7. The van der Waals surface area contributed by atoms with Gasteiger partial charge in [-0.25, -0.2) is 8.42 Å². The molecule has 0 fully saturated rings. The largest absolute Gasteiger partial charge is 0.312 e. The number of anilines is 1. The second-order valence-electron chi connectivity index (χ2n) is 4.58. The number of hydrogen-bond donors (Lipinski definition) is 2. The van der Waals surface area contributed by atoms with Gasteiger partial charge < -0.3 is 4.98 Å². The average molecular weight is 352 g/mol. The van der Waals surface area contributed by atoms with Gasteiger partial charge in [-0.1, -0.05) is 29.5 Å². The monoisotopic (exact) mass is 352 g/mol. The number of H-pyrrole nitrogens is 1. The molecule has 2 aromatic heterocycles. The molecule has 0 amide bonds. The van der Waals surface area contributed by atoms with Crippen molar-refractivity contribution in [2.75, 3.05) is 4.72 Å². The maximum Gasteiger partial charge on any atom is 0.304 e. The molecule has 0 unspecified atom stereocenters. The van der Waals surface area contributed by atoms with Crippen LogP contribution in [0.15, 0.2) is 50.1 Å². The van der Waals surface area contributed by atoms with Crippen LogP contribution in [0.1, 0.15) is 5.56 Å². The van der Waals surface area contributed by atoms with Crippen molar-refractivity contribution in [2.24, 2.45) is 0 Å². The quantitative estimate of drug-likeness (QED) is 0.756. The van der Waals surface area contributed by atoms with Gasteiger partial charge in [0.25, 0.3) is 10.0 Å². The van der Waals surface area contributed by atoms with Crippen LogP contribution in [0.25, 0.3) is 11.3 Å². The van der Waals surface area contributed by atoms with E-state index in [2.05, 4.69) is 9.71 Å². The Kier molecular flexibility index (Phi) is 3.90. The summed E-state index contributed by atoms with van der Waals surface area (Å²) in [5.41, 5.74) is 2.74. The van der Waals surface area contributed by atoms with Crippen LogP contribution in [-0.2, 0) is 10.0 Å². The smallest absolute Gasteiger partial charge is 0.304 e. The van der Waals surface area contributed by atoms with Gasteiger partial charge in [0.2, 0.25) is 0 Å². The number of sulfonamides is 1. The average Bonchev–Trinajstić information content (AvgIpc) is 3.12. The molecule has 22 heavy (non-hydrogen) atoms. The Labute approximate surface area is 135 Å². The molecule has 0 atom stereocenters. The molecule has 0 aliphatic carbocycles. The first kappa shape index (κ1) is 15.0. The number of thiophene rings is 1. The SMILES string of the molecule is Cc1c(NS(=O)(=O)c2cccs2)cccc1-c1csc(=O)[nH]1. The minimum atomic E-state index is -3.59. The Morgan fingerprint density at radius 2 is 1.95 bits per heavy atom. The molecule has 0 radical (unpaired) electrons. The van der Waals surface area contributed by atoms with Crippen LogP contribution in [0, 0.1) is 6.92 Å². The molecule has 0 saturated heterocycles. The van der Waals surface area contributed by atoms with Gasteiger partial charge in [0.1, 0.15) is 4.21 Å². The summed E-state index contributed by atoms with van der Waals surface area (Å²) in [6, 6.07) is 8.55. The molecule has 3 aromatic rings. The highest BCUT2D eigenvalue weighted by atomic mass is 32.2. The zero-order valence-electron chi connectivity index (χ0n) is 11.5. The van der Waals surface area contributed by atoms with E-state index in [1.54, 1.807) is 35.0 Å². The normalized spacial score (nSPS) is 11.5. The Bertz CT molecular complexity index is 953. The first-order chi connectivity index (χ1) is 10.5. The lowest BCUT2D eigenvalue weighted by atomic mass is 10.1. The fourth-order valence-corrected chi connectivity index (χ4v) is 4.76. The van der Waals surface area contributed by atoms with E-state index in [1.165, 1.54) is 0 Å². The van der Waals surface area contributed by atoms with E-state index in [-0.39, 0.29) is 9.08 Å². The highest BCUT2D eigenvalue weighted by Crippen LogP contribution is 2.29. The summed E-state index contributed by atoms with van der Waals surface area (Å²) >= 11 is 2.24. The number of thiazole rings is 1. The molecule has 1 aromatic carbocycles. The van der Waals surface area contributed by atoms with E-state index in [4.69, 9.17) is 0 Å². The molecular formula is C14H12N2O3S3. The minimum absolute atomic E-state index is 0.140. The third-order valence-corrected chi connectivity index (χ3v) is 6.58. The fourth-order valence-electron chi connectivity index (χ4n) is 2.06. The van der Waals surface area contributed by atoms with Gasteiger partial charge in [-0.3, -0.25) is 9.52 Å². The van der Waals surface area contributed by atoms with E-state index in [0.29, 0.717) is 11.4 Å². The number of hydrogen-bond acceptors (Lipinski definition) is 5. The van der Waals surface area contributed by atoms with Crippen LogP contribution in [0.4, 0.5) is 5.69 Å². The van der Waals surface area contributed by atoms with Crippen LogP contribution in [0.3, 0.4) is 0 Å². The Morgan fingerprint density at radius 3 is 2.59 bits per heavy atom. The summed E-state index contributed by atoms with van der Waals surface area (Å²) in [4.78, 5) is 13.9. The van der Waals surface area contributed by atoms with Crippen molar-refractivity contribution >= 4 is 38.4 Å². The number of rotatable bonds is 4. The fraction of sp³-hybridized carbons (Fsp3) is 0.0714. The van der Waals surface area contributed by atoms with Crippen LogP contribution in [-0.4, -0.2) is 13.4 Å². The van der Waals surface area contributed by atoms with Crippen LogP contribution in [0.2, 0.25) is 0 Å². The van der Waals surface area contributed by atoms with Crippen LogP contribution in [0.5, 0.6) is 0 Å². The van der Waals surface area contributed by atoms with Crippen molar-refractivity contribution in [1.29, 1.82) is 0 Å². The molecule has 0 aliphatic rings. The van der Waals surface area contributed by atoms with E-state index < -0.39 is 10.0 Å². The van der Waals surface area contributed by atoms with Crippen molar-refractivity contribution in [3.05, 3.63) is 56.3 Å². The predicted octanol–water partition coefficient (Wildman–Crippen LogP) is 3.27. The van der Waals surface area contributed by atoms with Gasteiger partial charge in [-0.05, 0) is 30.0 Å². The lowest BCUT2D eigenvalue weighted by Gasteiger charge is -2.12. The van der Waals surface area contributed by atoms with Gasteiger partial charge in [-0.15, -0.1) is 11.3 Å². The first-order valence-corrected chi connectivity index (χ1v) is 9.56. The van der Waals surface area contributed by atoms with E-state index in [0.717, 1.165) is 33.8 Å². The van der Waals surface area contributed by atoms with Gasteiger partial charge in [0, 0.05) is 10.9 Å². The Morgan fingerprint density at radius 1 is 1.14 bits per heavy atom. The second kappa shape index (κ2) is 5.71. The molecule has 114 valence electrons. The first-order valence-electron chi connectivity index (χ1n) is 6.31. The maximum atomic E-state index is 12.3. The van der Waals surface area contributed by atoms with E-state index >= 15 is 0 Å². The zero-order valence-corrected chi connectivity index (χ0v) is 13.9. The Balaban J connectivity index is 2.01. The summed E-state index contributed by atoms with van der Waals surface area (Å²) in [6.45, 7) is 1.82. The molecule has 5 nitrogen and oxygen atoms in total. The topological polar surface area (TPSA) is 79.0 Å². The van der Waals surface area contributed by atoms with Crippen molar-refractivity contribution in [3.63, 3.8) is 0 Å². The van der Waals surface area contributed by atoms with Crippen LogP contribution < -0.4 is 9.60 Å². The molecule has 0 spiro atoms. The Hall–Kier alpha value is -1.90. The van der Waals surface area contributed by atoms with Gasteiger partial charge in [0.05, 0.1) is 11.4 Å². The summed E-state index contributed by atoms with van der Waals surface area (Å²) in [6.07, 6.45) is 0. The van der Waals surface area contributed by atoms with Gasteiger partial charge in [0.15, 0.2) is 0 Å². The third kappa shape index (κ3) is 2.85. The predicted molar refractivity (Wildman–Crippen MR) is 90.2 cm³/mol. The minimum Gasteiger partial charge on any atom is -0.312 e. The molecule has 3 rings (SSSR count). The van der Waals surface area contributed by atoms with Crippen molar-refractivity contribution < 1.29 is 8.42 Å². The summed E-state index contributed by atoms with van der Waals surface area (Å²) in [7, 11) is -3.59. The number of aromatic amines is 1. The lowest BCUT2D eigenvalue weighted by molar-refractivity contribution is 0.603. The lowest BCUT2D eigenvalue weighted by Crippen LogP contribution is -2.12. The van der Waals surface area contributed by atoms with Crippen molar-refractivity contribution in [1.82, 2.24) is 4.98 Å². The van der Waals surface area contributed by atoms with Crippen molar-refractivity contribution in [3.8, 4) is 11.3 Å². The standard InChI is InChI=1S/C14H12N2O3S3/c1-9-10(12-8-21-14(17)15-12)4-2-5-11(9)16-22(18,19)13-6-3-7-20-13/h2-8,16H,1H3,(H,15,17). The second-order valence-corrected chi connectivity index (χ2v) is 8.28. The van der Waals surface area contributed by atoms with E-state index in [9.17, 15) is 13.2 Å².